The van der Waals surface area contributed by atoms with Crippen molar-refractivity contribution in [1.82, 2.24) is 0 Å². The van der Waals surface area contributed by atoms with E-state index < -0.39 is 34.9 Å². The molecule has 51 heavy (non-hydrogen) atoms. The van der Waals surface area contributed by atoms with Crippen LogP contribution in [0.25, 0.3) is 0 Å². The van der Waals surface area contributed by atoms with Gasteiger partial charge in [0, 0.05) is 27.6 Å². The smallest absolute Gasteiger partial charge is 0.160 e. The molecule has 0 radical (unpaired) electrons. The summed E-state index contributed by atoms with van der Waals surface area (Å²) in [5, 5.41) is 0. The summed E-state index contributed by atoms with van der Waals surface area (Å²) in [6.07, 6.45) is 0. The highest BCUT2D eigenvalue weighted by Crippen LogP contribution is 2.13. The highest BCUT2D eigenvalue weighted by atomic mass is 79.9. The molecule has 270 valence electrons. The molecule has 0 aliphatic rings. The quantitative estimate of drug-likeness (QED) is 0.0666. The molecule has 0 amide bonds. The van der Waals surface area contributed by atoms with Crippen LogP contribution < -0.4 is 34.4 Å². The second-order valence-electron chi connectivity index (χ2n) is 9.63. The van der Waals surface area contributed by atoms with Crippen molar-refractivity contribution in [2.24, 2.45) is 0 Å². The molecule has 0 fully saturated rings. The summed E-state index contributed by atoms with van der Waals surface area (Å²) in [5.74, 6) is -4.81. The van der Waals surface area contributed by atoms with Crippen LogP contribution in [0.5, 0.6) is 0 Å². The van der Waals surface area contributed by atoms with E-state index in [1.54, 1.807) is 12.1 Å². The molecule has 0 aromatic heterocycles. The zero-order chi connectivity index (χ0) is 38.5. The fraction of sp³-hybridized carbons (Fsp3) is 0. The normalized spacial score (nSPS) is 9.35. The molecule has 0 saturated carbocycles. The Morgan fingerprint density at radius 2 is 0.804 bits per heavy atom. The molecule has 0 spiro atoms. The van der Waals surface area contributed by atoms with Gasteiger partial charge in [-0.2, -0.15) is 0 Å². The maximum atomic E-state index is 12.2. The largest absolute Gasteiger partial charge is 0.399 e. The molecule has 0 bridgehead atoms. The van der Waals surface area contributed by atoms with Gasteiger partial charge >= 0.3 is 0 Å². The van der Waals surface area contributed by atoms with E-state index in [4.69, 9.17) is 34.4 Å². The van der Waals surface area contributed by atoms with E-state index in [2.05, 4.69) is 15.9 Å². The van der Waals surface area contributed by atoms with Gasteiger partial charge in [-0.1, -0.05) is 34.1 Å². The Kier molecular flexibility index (Phi) is 19.1. The second-order valence-corrected chi connectivity index (χ2v) is 10.5. The third-order valence-corrected chi connectivity index (χ3v) is 5.98. The van der Waals surface area contributed by atoms with Crippen LogP contribution in [0.4, 0.5) is 69.2 Å². The van der Waals surface area contributed by atoms with Gasteiger partial charge in [-0.05, 0) is 103 Å². The first kappa shape index (κ1) is 43.1. The molecule has 6 aromatic rings. The monoisotopic (exact) mass is 780 g/mol. The van der Waals surface area contributed by atoms with Gasteiger partial charge in [0.15, 0.2) is 11.6 Å². The molecule has 6 aromatic carbocycles. The van der Waals surface area contributed by atoms with Crippen LogP contribution in [0, 0.1) is 46.5 Å². The first-order chi connectivity index (χ1) is 24.0. The topological polar surface area (TPSA) is 156 Å². The Bertz CT molecular complexity index is 1760. The lowest BCUT2D eigenvalue weighted by Gasteiger charge is -1.92. The SMILES string of the molecule is Nc1cc(F)ccc1F.Nc1ccc(F)c(F)c1.Nc1ccc(F)cc1.Nc1ccc(F)cc1F.Nc1cccc(Br)c1.Nc1ccccc1F. The van der Waals surface area contributed by atoms with Crippen molar-refractivity contribution in [1.29, 1.82) is 0 Å². The standard InChI is InChI=1S/C6H6BrN.3C6H5F2N.2C6H6FN/c7-5-2-1-3-6(8)4-5;7-4-1-2-6(9)5(8)3-4;7-5-2-1-4(9)3-6(5)8;7-4-1-2-5(8)6(9)3-4;7-5-1-3-6(8)4-2-5;7-5-3-1-2-4-6(5)8/h1-4H,8H2;3*1-3H,9H2;2*1-4H,8H2. The Balaban J connectivity index is 0.000000306. The molecular weight excluding hydrogens is 748 g/mol. The van der Waals surface area contributed by atoms with Crippen LogP contribution >= 0.6 is 15.9 Å². The van der Waals surface area contributed by atoms with Gasteiger partial charge in [-0.3, -0.25) is 0 Å². The Morgan fingerprint density at radius 1 is 0.314 bits per heavy atom. The first-order valence-corrected chi connectivity index (χ1v) is 14.9. The van der Waals surface area contributed by atoms with Gasteiger partial charge in [0.2, 0.25) is 0 Å². The molecule has 0 unspecified atom stereocenters. The van der Waals surface area contributed by atoms with Crippen LogP contribution in [0.15, 0.2) is 132 Å². The maximum absolute atomic E-state index is 12.2. The summed E-state index contributed by atoms with van der Waals surface area (Å²) in [5.41, 5.74) is 32.6. The summed E-state index contributed by atoms with van der Waals surface area (Å²) in [4.78, 5) is 0. The number of benzene rings is 6. The highest BCUT2D eigenvalue weighted by Gasteiger charge is 1.99. The van der Waals surface area contributed by atoms with E-state index in [9.17, 15) is 35.1 Å². The molecular formula is C36H33BrF8N6. The first-order valence-electron chi connectivity index (χ1n) is 14.1. The van der Waals surface area contributed by atoms with Gasteiger partial charge in [0.05, 0.1) is 17.1 Å². The van der Waals surface area contributed by atoms with Crippen LogP contribution in [0.2, 0.25) is 0 Å². The Labute approximate surface area is 297 Å². The van der Waals surface area contributed by atoms with Gasteiger partial charge in [0.25, 0.3) is 0 Å². The summed E-state index contributed by atoms with van der Waals surface area (Å²) in [7, 11) is 0. The van der Waals surface area contributed by atoms with Gasteiger partial charge in [0.1, 0.15) is 34.9 Å². The van der Waals surface area contributed by atoms with Crippen molar-refractivity contribution < 1.29 is 35.1 Å². The zero-order valence-electron chi connectivity index (χ0n) is 26.5. The van der Waals surface area contributed by atoms with Crippen LogP contribution in [-0.2, 0) is 0 Å². The lowest BCUT2D eigenvalue weighted by molar-refractivity contribution is 0.509. The third-order valence-electron chi connectivity index (χ3n) is 5.49. The predicted octanol–water partition coefficient (Wildman–Crippen LogP) is 9.49. The van der Waals surface area contributed by atoms with E-state index in [1.165, 1.54) is 48.5 Å². The van der Waals surface area contributed by atoms with E-state index in [-0.39, 0.29) is 34.4 Å². The fourth-order valence-corrected chi connectivity index (χ4v) is 3.39. The molecule has 15 heteroatoms. The molecule has 0 heterocycles. The Morgan fingerprint density at radius 3 is 1.22 bits per heavy atom. The molecule has 6 nitrogen and oxygen atoms in total. The predicted molar refractivity (Wildman–Crippen MR) is 192 cm³/mol. The summed E-state index contributed by atoms with van der Waals surface area (Å²) >= 11 is 3.28. The van der Waals surface area contributed by atoms with Crippen molar-refractivity contribution in [3.8, 4) is 0 Å². The van der Waals surface area contributed by atoms with Gasteiger partial charge in [-0.15, -0.1) is 0 Å². The highest BCUT2D eigenvalue weighted by molar-refractivity contribution is 9.10. The average molecular weight is 782 g/mol. The maximum Gasteiger partial charge on any atom is 0.160 e. The minimum absolute atomic E-state index is 0.0311. The van der Waals surface area contributed by atoms with Crippen LogP contribution in [0.1, 0.15) is 0 Å². The molecule has 0 saturated heterocycles. The zero-order valence-corrected chi connectivity index (χ0v) is 28.1. The fourth-order valence-electron chi connectivity index (χ4n) is 2.97. The van der Waals surface area contributed by atoms with E-state index in [1.807, 2.05) is 24.3 Å². The molecule has 0 aliphatic carbocycles. The molecule has 0 aliphatic heterocycles. The molecule has 12 N–H and O–H groups in total. The van der Waals surface area contributed by atoms with E-state index in [0.29, 0.717) is 5.69 Å². The molecule has 0 atom stereocenters. The van der Waals surface area contributed by atoms with E-state index in [0.717, 1.165) is 52.6 Å². The summed E-state index contributed by atoms with van der Waals surface area (Å²) in [6, 6.07) is 28.6. The number of nitrogens with two attached hydrogens (primary N) is 6. The van der Waals surface area contributed by atoms with Gasteiger partial charge in [-0.25, -0.2) is 35.1 Å². The lowest BCUT2D eigenvalue weighted by atomic mass is 10.3. The summed E-state index contributed by atoms with van der Waals surface area (Å²) < 4.78 is 98.0. The minimum Gasteiger partial charge on any atom is -0.399 e. The summed E-state index contributed by atoms with van der Waals surface area (Å²) in [6.45, 7) is 0. The molecule has 6 rings (SSSR count). The van der Waals surface area contributed by atoms with Crippen molar-refractivity contribution in [2.45, 2.75) is 0 Å². The van der Waals surface area contributed by atoms with Gasteiger partial charge < -0.3 is 34.4 Å². The minimum atomic E-state index is -0.907. The third kappa shape index (κ3) is 19.0. The number of halogens is 9. The Hall–Kier alpha value is -5.96. The lowest BCUT2D eigenvalue weighted by Crippen LogP contribution is -1.89. The number of nitrogen functional groups attached to an aromatic ring is 6. The van der Waals surface area contributed by atoms with Crippen molar-refractivity contribution in [3.05, 3.63) is 178 Å². The number of rotatable bonds is 0. The second kappa shape index (κ2) is 22.6. The van der Waals surface area contributed by atoms with Crippen LogP contribution in [-0.4, -0.2) is 0 Å². The number of hydrogen-bond donors (Lipinski definition) is 6. The van der Waals surface area contributed by atoms with Crippen molar-refractivity contribution >= 4 is 50.1 Å². The van der Waals surface area contributed by atoms with Crippen molar-refractivity contribution in [3.63, 3.8) is 0 Å². The van der Waals surface area contributed by atoms with Crippen LogP contribution in [0.3, 0.4) is 0 Å². The number of para-hydroxylation sites is 1. The number of anilines is 6. The van der Waals surface area contributed by atoms with Crippen molar-refractivity contribution in [2.75, 3.05) is 34.4 Å². The average Bonchev–Trinajstić information content (AvgIpc) is 3.07. The van der Waals surface area contributed by atoms with E-state index >= 15 is 0 Å². The number of hydrogen-bond acceptors (Lipinski definition) is 6.